The fourth-order valence-corrected chi connectivity index (χ4v) is 2.86. The van der Waals surface area contributed by atoms with E-state index in [4.69, 9.17) is 9.47 Å². The molecule has 1 aliphatic carbocycles. The molecule has 0 saturated carbocycles. The van der Waals surface area contributed by atoms with Crippen molar-refractivity contribution in [2.24, 2.45) is 0 Å². The van der Waals surface area contributed by atoms with Crippen LogP contribution in [0, 0.1) is 0 Å². The molecular formula is C19H15F3O4. The van der Waals surface area contributed by atoms with E-state index < -0.39 is 6.36 Å². The van der Waals surface area contributed by atoms with Crippen LogP contribution in [-0.4, -0.2) is 26.4 Å². The largest absolute Gasteiger partial charge is 0.573 e. The summed E-state index contributed by atoms with van der Waals surface area (Å²) in [6.07, 6.45) is -2.85. The second-order valence-corrected chi connectivity index (χ2v) is 5.66. The fourth-order valence-electron chi connectivity index (χ4n) is 2.86. The molecule has 0 aliphatic heterocycles. The Bertz CT molecular complexity index is 885. The highest BCUT2D eigenvalue weighted by molar-refractivity contribution is 6.15. The van der Waals surface area contributed by atoms with Gasteiger partial charge < -0.3 is 14.2 Å². The highest BCUT2D eigenvalue weighted by atomic mass is 19.4. The van der Waals surface area contributed by atoms with Crippen LogP contribution in [0.1, 0.15) is 21.5 Å². The van der Waals surface area contributed by atoms with Gasteiger partial charge in [-0.05, 0) is 41.5 Å². The van der Waals surface area contributed by atoms with E-state index in [-0.39, 0.29) is 11.5 Å². The first-order chi connectivity index (χ1) is 12.3. The average Bonchev–Trinajstić information content (AvgIpc) is 2.87. The smallest absolute Gasteiger partial charge is 0.493 e. The zero-order valence-electron chi connectivity index (χ0n) is 14.0. The number of alkyl halides is 3. The van der Waals surface area contributed by atoms with Gasteiger partial charge in [-0.1, -0.05) is 12.1 Å². The van der Waals surface area contributed by atoms with Crippen LogP contribution in [0.25, 0.3) is 6.08 Å². The molecule has 0 atom stereocenters. The molecule has 136 valence electrons. The average molecular weight is 364 g/mol. The fraction of sp³-hybridized carbons (Fsp3) is 0.211. The van der Waals surface area contributed by atoms with E-state index in [1.165, 1.54) is 32.4 Å². The van der Waals surface area contributed by atoms with Crippen molar-refractivity contribution in [3.63, 3.8) is 0 Å². The Morgan fingerprint density at radius 1 is 1.04 bits per heavy atom. The lowest BCUT2D eigenvalue weighted by Crippen LogP contribution is -2.17. The topological polar surface area (TPSA) is 44.8 Å². The summed E-state index contributed by atoms with van der Waals surface area (Å²) >= 11 is 0. The van der Waals surface area contributed by atoms with Gasteiger partial charge in [-0.15, -0.1) is 13.2 Å². The predicted molar refractivity (Wildman–Crippen MR) is 88.7 cm³/mol. The first-order valence-corrected chi connectivity index (χ1v) is 7.66. The van der Waals surface area contributed by atoms with Crippen LogP contribution in [0.3, 0.4) is 0 Å². The quantitative estimate of drug-likeness (QED) is 0.753. The molecule has 0 radical (unpaired) electrons. The molecule has 2 aromatic rings. The summed E-state index contributed by atoms with van der Waals surface area (Å²) in [7, 11) is 2.98. The van der Waals surface area contributed by atoms with Crippen LogP contribution in [0.15, 0.2) is 42.0 Å². The third kappa shape index (κ3) is 3.66. The summed E-state index contributed by atoms with van der Waals surface area (Å²) in [5, 5.41) is 0. The van der Waals surface area contributed by atoms with E-state index in [2.05, 4.69) is 4.74 Å². The Kier molecular flexibility index (Phi) is 4.63. The van der Waals surface area contributed by atoms with Crippen molar-refractivity contribution < 1.29 is 32.2 Å². The van der Waals surface area contributed by atoms with E-state index in [0.717, 1.165) is 5.56 Å². The molecule has 0 amide bonds. The van der Waals surface area contributed by atoms with Gasteiger partial charge in [0, 0.05) is 17.6 Å². The van der Waals surface area contributed by atoms with Crippen LogP contribution in [0.5, 0.6) is 17.2 Å². The highest BCUT2D eigenvalue weighted by Crippen LogP contribution is 2.37. The molecule has 2 aromatic carbocycles. The molecule has 0 spiro atoms. The van der Waals surface area contributed by atoms with Crippen LogP contribution < -0.4 is 14.2 Å². The molecule has 0 fully saturated rings. The van der Waals surface area contributed by atoms with Gasteiger partial charge in [0.05, 0.1) is 14.2 Å². The maximum atomic E-state index is 12.6. The molecule has 7 heteroatoms. The number of fused-ring (bicyclic) bond motifs is 1. The number of Topliss-reactive ketones (excluding diaryl/α,β-unsaturated/α-hetero) is 1. The highest BCUT2D eigenvalue weighted by Gasteiger charge is 2.31. The molecule has 4 nitrogen and oxygen atoms in total. The normalized spacial score (nSPS) is 15.1. The lowest BCUT2D eigenvalue weighted by Gasteiger charge is -2.09. The molecule has 26 heavy (non-hydrogen) atoms. The van der Waals surface area contributed by atoms with Crippen molar-refractivity contribution in [3.8, 4) is 17.2 Å². The molecule has 0 unspecified atom stereocenters. The predicted octanol–water partition coefficient (Wildman–Crippen LogP) is 4.42. The van der Waals surface area contributed by atoms with Gasteiger partial charge in [-0.2, -0.15) is 0 Å². The number of hydrogen-bond acceptors (Lipinski definition) is 4. The second kappa shape index (κ2) is 6.74. The maximum Gasteiger partial charge on any atom is 0.573 e. The van der Waals surface area contributed by atoms with Crippen LogP contribution in [0.2, 0.25) is 0 Å². The van der Waals surface area contributed by atoms with Gasteiger partial charge in [0.15, 0.2) is 17.3 Å². The summed E-state index contributed by atoms with van der Waals surface area (Å²) in [6, 6.07) is 8.82. The number of halogens is 3. The maximum absolute atomic E-state index is 12.6. The number of ketones is 1. The molecule has 0 bridgehead atoms. The molecule has 0 aromatic heterocycles. The van der Waals surface area contributed by atoms with E-state index in [1.807, 2.05) is 0 Å². The minimum absolute atomic E-state index is 0.192. The van der Waals surface area contributed by atoms with E-state index >= 15 is 0 Å². The zero-order chi connectivity index (χ0) is 18.9. The van der Waals surface area contributed by atoms with Crippen molar-refractivity contribution in [3.05, 3.63) is 58.7 Å². The second-order valence-electron chi connectivity index (χ2n) is 5.66. The SMILES string of the molecule is COc1cc2c(cc1OC)C(=O)/C(=C/c1cccc(OC(F)(F)F)c1)C2. The molecule has 1 aliphatic rings. The van der Waals surface area contributed by atoms with Gasteiger partial charge in [-0.25, -0.2) is 0 Å². The number of methoxy groups -OCH3 is 2. The molecule has 0 heterocycles. The minimum Gasteiger partial charge on any atom is -0.493 e. The number of ether oxygens (including phenoxy) is 3. The van der Waals surface area contributed by atoms with Gasteiger partial charge in [-0.3, -0.25) is 4.79 Å². The van der Waals surface area contributed by atoms with Crippen molar-refractivity contribution in [2.45, 2.75) is 12.8 Å². The summed E-state index contributed by atoms with van der Waals surface area (Å²) < 4.78 is 51.4. The number of benzene rings is 2. The van der Waals surface area contributed by atoms with E-state index in [9.17, 15) is 18.0 Å². The number of rotatable bonds is 4. The Morgan fingerprint density at radius 2 is 1.73 bits per heavy atom. The van der Waals surface area contributed by atoms with Crippen molar-refractivity contribution >= 4 is 11.9 Å². The van der Waals surface area contributed by atoms with Crippen molar-refractivity contribution in [2.75, 3.05) is 14.2 Å². The third-order valence-electron chi connectivity index (χ3n) is 3.96. The zero-order valence-corrected chi connectivity index (χ0v) is 14.0. The summed E-state index contributed by atoms with van der Waals surface area (Å²) in [4.78, 5) is 12.6. The number of carbonyl (C=O) groups is 1. The first-order valence-electron chi connectivity index (χ1n) is 7.66. The lowest BCUT2D eigenvalue weighted by atomic mass is 10.1. The van der Waals surface area contributed by atoms with Crippen molar-refractivity contribution in [1.29, 1.82) is 0 Å². The third-order valence-corrected chi connectivity index (χ3v) is 3.96. The summed E-state index contributed by atoms with van der Waals surface area (Å²) in [6.45, 7) is 0. The Balaban J connectivity index is 1.91. The van der Waals surface area contributed by atoms with E-state index in [0.29, 0.717) is 34.6 Å². The van der Waals surface area contributed by atoms with Crippen LogP contribution in [0.4, 0.5) is 13.2 Å². The number of hydrogen-bond donors (Lipinski definition) is 0. The molecule has 0 N–H and O–H groups in total. The van der Waals surface area contributed by atoms with Gasteiger partial charge >= 0.3 is 6.36 Å². The summed E-state index contributed by atoms with van der Waals surface area (Å²) in [5.74, 6) is 0.434. The van der Waals surface area contributed by atoms with Crippen LogP contribution >= 0.6 is 0 Å². The van der Waals surface area contributed by atoms with Gasteiger partial charge in [0.25, 0.3) is 0 Å². The Morgan fingerprint density at radius 3 is 2.38 bits per heavy atom. The molecule has 0 saturated heterocycles. The van der Waals surface area contributed by atoms with Crippen molar-refractivity contribution in [1.82, 2.24) is 0 Å². The monoisotopic (exact) mass is 364 g/mol. The number of carbonyl (C=O) groups excluding carboxylic acids is 1. The summed E-state index contributed by atoms with van der Waals surface area (Å²) in [5.41, 5.74) is 2.19. The van der Waals surface area contributed by atoms with Crippen LogP contribution in [-0.2, 0) is 6.42 Å². The first kappa shape index (κ1) is 17.8. The van der Waals surface area contributed by atoms with E-state index in [1.54, 1.807) is 24.3 Å². The van der Waals surface area contributed by atoms with Gasteiger partial charge in [0.2, 0.25) is 0 Å². The van der Waals surface area contributed by atoms with Gasteiger partial charge in [0.1, 0.15) is 5.75 Å². The Hall–Kier alpha value is -2.96. The number of allylic oxidation sites excluding steroid dienone is 1. The standard InChI is InChI=1S/C19H15F3O4/c1-24-16-9-12-8-13(18(23)15(12)10-17(16)25-2)6-11-4-3-5-14(7-11)26-19(20,21)22/h3-7,9-10H,8H2,1-2H3/b13-6+. The minimum atomic E-state index is -4.77. The Labute approximate surface area is 147 Å². The lowest BCUT2D eigenvalue weighted by molar-refractivity contribution is -0.274. The molecular weight excluding hydrogens is 349 g/mol. The molecule has 3 rings (SSSR count).